The zero-order chi connectivity index (χ0) is 11.7. The van der Waals surface area contributed by atoms with Gasteiger partial charge >= 0.3 is 0 Å². The Bertz CT molecular complexity index is 517. The van der Waals surface area contributed by atoms with E-state index in [0.29, 0.717) is 5.92 Å². The Morgan fingerprint density at radius 1 is 1.44 bits per heavy atom. The minimum atomic E-state index is 0.307. The third kappa shape index (κ3) is 1.93. The lowest BCUT2D eigenvalue weighted by Gasteiger charge is -2.14. The molecule has 0 spiro atoms. The zero-order valence-corrected chi connectivity index (χ0v) is 10.8. The largest absolute Gasteiger partial charge is 0.192 e. The van der Waals surface area contributed by atoms with Gasteiger partial charge in [0.05, 0.1) is 5.56 Å². The Hall–Kier alpha value is -1.04. The van der Waals surface area contributed by atoms with E-state index in [1.54, 1.807) is 11.3 Å². The van der Waals surface area contributed by atoms with Crippen LogP contribution in [0.1, 0.15) is 33.2 Å². The first-order valence-corrected chi connectivity index (χ1v) is 6.36. The third-order valence-corrected chi connectivity index (χ3v) is 4.16. The maximum atomic E-state index is 9.19. The smallest absolute Gasteiger partial charge is 0.101 e. The average molecular weight is 250 g/mol. The van der Waals surface area contributed by atoms with Gasteiger partial charge in [-0.15, -0.1) is 11.3 Å². The molecule has 0 fully saturated rings. The molecule has 1 atom stereocenters. The second-order valence-corrected chi connectivity index (χ2v) is 5.77. The quantitative estimate of drug-likeness (QED) is 0.724. The van der Waals surface area contributed by atoms with Crippen LogP contribution in [-0.4, -0.2) is 0 Å². The molecule has 0 radical (unpaired) electrons. The molecule has 82 valence electrons. The lowest BCUT2D eigenvalue weighted by Crippen LogP contribution is -2.00. The monoisotopic (exact) mass is 249 g/mol. The second kappa shape index (κ2) is 4.45. The molecule has 0 bridgehead atoms. The number of hydrogen-bond donors (Lipinski definition) is 0. The van der Waals surface area contributed by atoms with E-state index >= 15 is 0 Å². The van der Waals surface area contributed by atoms with Crippen LogP contribution < -0.4 is 0 Å². The molecule has 0 aliphatic heterocycles. The first kappa shape index (κ1) is 11.4. The van der Waals surface area contributed by atoms with Crippen LogP contribution in [-0.2, 0) is 0 Å². The van der Waals surface area contributed by atoms with Crippen molar-refractivity contribution in [1.82, 2.24) is 0 Å². The molecular formula is C13H12ClNS. The van der Waals surface area contributed by atoms with Gasteiger partial charge in [0, 0.05) is 20.7 Å². The lowest BCUT2D eigenvalue weighted by atomic mass is 9.90. The SMILES string of the molecule is Cc1sc(C)c(C2C=CC(Cl)=CC2)c1C#N. The molecule has 1 heterocycles. The predicted molar refractivity (Wildman–Crippen MR) is 68.9 cm³/mol. The Morgan fingerprint density at radius 3 is 2.75 bits per heavy atom. The standard InChI is InChI=1S/C13H12ClNS/c1-8-12(7-15)13(9(2)16-8)10-3-5-11(14)6-4-10/h3,5-6,10H,4H2,1-2H3. The summed E-state index contributed by atoms with van der Waals surface area (Å²) >= 11 is 7.60. The Kier molecular flexibility index (Phi) is 3.18. The minimum absolute atomic E-state index is 0.307. The van der Waals surface area contributed by atoms with Gasteiger partial charge in [-0.1, -0.05) is 23.8 Å². The van der Waals surface area contributed by atoms with E-state index in [0.717, 1.165) is 21.9 Å². The minimum Gasteiger partial charge on any atom is -0.192 e. The number of rotatable bonds is 1. The number of aryl methyl sites for hydroxylation is 2. The molecule has 0 saturated carbocycles. The number of halogens is 1. The van der Waals surface area contributed by atoms with E-state index in [1.807, 2.05) is 19.1 Å². The highest BCUT2D eigenvalue weighted by Crippen LogP contribution is 2.37. The topological polar surface area (TPSA) is 23.8 Å². The Balaban J connectivity index is 2.43. The van der Waals surface area contributed by atoms with E-state index < -0.39 is 0 Å². The normalized spacial score (nSPS) is 19.4. The van der Waals surface area contributed by atoms with Crippen molar-refractivity contribution in [1.29, 1.82) is 5.26 Å². The van der Waals surface area contributed by atoms with Crippen molar-refractivity contribution >= 4 is 22.9 Å². The van der Waals surface area contributed by atoms with Crippen LogP contribution in [0, 0.1) is 25.2 Å². The van der Waals surface area contributed by atoms with Crippen molar-refractivity contribution in [2.75, 3.05) is 0 Å². The summed E-state index contributed by atoms with van der Waals surface area (Å²) in [5.74, 6) is 0.307. The van der Waals surface area contributed by atoms with Crippen LogP contribution >= 0.6 is 22.9 Å². The molecule has 0 amide bonds. The number of thiophene rings is 1. The predicted octanol–water partition coefficient (Wildman–Crippen LogP) is 4.40. The maximum absolute atomic E-state index is 9.19. The molecule has 0 N–H and O–H groups in total. The molecule has 2 rings (SSSR count). The Labute approximate surface area is 105 Å². The number of nitrogens with zero attached hydrogens (tertiary/aromatic N) is 1. The molecule has 0 aromatic carbocycles. The summed E-state index contributed by atoms with van der Waals surface area (Å²) in [7, 11) is 0. The fourth-order valence-electron chi connectivity index (χ4n) is 2.10. The van der Waals surface area contributed by atoms with Crippen LogP contribution in [0.25, 0.3) is 0 Å². The van der Waals surface area contributed by atoms with Gasteiger partial charge in [-0.2, -0.15) is 5.26 Å². The summed E-state index contributed by atoms with van der Waals surface area (Å²) in [5, 5.41) is 9.98. The highest BCUT2D eigenvalue weighted by molar-refractivity contribution is 7.12. The van der Waals surface area contributed by atoms with Gasteiger partial charge < -0.3 is 0 Å². The van der Waals surface area contributed by atoms with Crippen molar-refractivity contribution in [3.63, 3.8) is 0 Å². The fraction of sp³-hybridized carbons (Fsp3) is 0.308. The van der Waals surface area contributed by atoms with Gasteiger partial charge in [-0.25, -0.2) is 0 Å². The highest BCUT2D eigenvalue weighted by Gasteiger charge is 2.20. The van der Waals surface area contributed by atoms with E-state index in [2.05, 4.69) is 19.1 Å². The molecule has 1 unspecified atom stereocenters. The van der Waals surface area contributed by atoms with Crippen LogP contribution in [0.2, 0.25) is 0 Å². The molecular weight excluding hydrogens is 238 g/mol. The summed E-state index contributed by atoms with van der Waals surface area (Å²) in [4.78, 5) is 2.36. The number of nitriles is 1. The summed E-state index contributed by atoms with van der Waals surface area (Å²) in [6, 6.07) is 2.32. The number of allylic oxidation sites excluding steroid dienone is 4. The van der Waals surface area contributed by atoms with Crippen molar-refractivity contribution < 1.29 is 0 Å². The highest BCUT2D eigenvalue weighted by atomic mass is 35.5. The molecule has 0 saturated heterocycles. The van der Waals surface area contributed by atoms with Gasteiger partial charge in [-0.3, -0.25) is 0 Å². The van der Waals surface area contributed by atoms with Crippen LogP contribution in [0.15, 0.2) is 23.3 Å². The van der Waals surface area contributed by atoms with Crippen LogP contribution in [0.3, 0.4) is 0 Å². The van der Waals surface area contributed by atoms with Crippen molar-refractivity contribution in [2.45, 2.75) is 26.2 Å². The van der Waals surface area contributed by atoms with E-state index in [1.165, 1.54) is 10.4 Å². The van der Waals surface area contributed by atoms with Gasteiger partial charge in [0.2, 0.25) is 0 Å². The van der Waals surface area contributed by atoms with E-state index in [-0.39, 0.29) is 0 Å². The summed E-state index contributed by atoms with van der Waals surface area (Å²) < 4.78 is 0. The van der Waals surface area contributed by atoms with Crippen LogP contribution in [0.4, 0.5) is 0 Å². The van der Waals surface area contributed by atoms with E-state index in [4.69, 9.17) is 11.6 Å². The molecule has 1 aromatic heterocycles. The molecule has 16 heavy (non-hydrogen) atoms. The molecule has 1 nitrogen and oxygen atoms in total. The first-order valence-electron chi connectivity index (χ1n) is 5.17. The molecule has 1 aliphatic carbocycles. The molecule has 3 heteroatoms. The summed E-state index contributed by atoms with van der Waals surface area (Å²) in [6.07, 6.45) is 6.92. The maximum Gasteiger partial charge on any atom is 0.101 e. The third-order valence-electron chi connectivity index (χ3n) is 2.84. The van der Waals surface area contributed by atoms with Gasteiger partial charge in [0.1, 0.15) is 6.07 Å². The van der Waals surface area contributed by atoms with E-state index in [9.17, 15) is 5.26 Å². The van der Waals surface area contributed by atoms with Gasteiger partial charge in [0.25, 0.3) is 0 Å². The fourth-order valence-corrected chi connectivity index (χ4v) is 3.34. The molecule has 1 aromatic rings. The first-order chi connectivity index (χ1) is 7.63. The lowest BCUT2D eigenvalue weighted by molar-refractivity contribution is 0.845. The van der Waals surface area contributed by atoms with Crippen molar-refractivity contribution in [3.05, 3.63) is 44.1 Å². The molecule has 1 aliphatic rings. The van der Waals surface area contributed by atoms with Gasteiger partial charge in [-0.05, 0) is 31.9 Å². The second-order valence-electron chi connectivity index (χ2n) is 3.91. The zero-order valence-electron chi connectivity index (χ0n) is 9.25. The Morgan fingerprint density at radius 2 is 2.19 bits per heavy atom. The summed E-state index contributed by atoms with van der Waals surface area (Å²) in [5.41, 5.74) is 2.03. The van der Waals surface area contributed by atoms with Crippen molar-refractivity contribution in [3.8, 4) is 6.07 Å². The average Bonchev–Trinajstić information content (AvgIpc) is 2.54. The van der Waals surface area contributed by atoms with Crippen molar-refractivity contribution in [2.24, 2.45) is 0 Å². The number of hydrogen-bond acceptors (Lipinski definition) is 2. The van der Waals surface area contributed by atoms with Crippen LogP contribution in [0.5, 0.6) is 0 Å². The van der Waals surface area contributed by atoms with Gasteiger partial charge in [0.15, 0.2) is 0 Å². The summed E-state index contributed by atoms with van der Waals surface area (Å²) in [6.45, 7) is 4.09.